The highest BCUT2D eigenvalue weighted by atomic mass is 35.5. The van der Waals surface area contributed by atoms with Crippen LogP contribution in [0.1, 0.15) is 10.4 Å². The van der Waals surface area contributed by atoms with E-state index in [4.69, 9.17) is 5.11 Å². The fraction of sp³-hybridized carbons (Fsp3) is 0. The van der Waals surface area contributed by atoms with E-state index in [9.17, 15) is 9.59 Å². The van der Waals surface area contributed by atoms with Crippen molar-refractivity contribution in [3.8, 4) is 0 Å². The molecule has 0 bridgehead atoms. The third-order valence-electron chi connectivity index (χ3n) is 2.02. The number of para-hydroxylation sites is 1. The Labute approximate surface area is 103 Å². The Bertz CT molecular complexity index is 565. The van der Waals surface area contributed by atoms with E-state index in [1.54, 1.807) is 24.3 Å². The van der Waals surface area contributed by atoms with Crippen molar-refractivity contribution in [3.05, 3.63) is 46.2 Å². The Morgan fingerprint density at radius 3 is 2.44 bits per heavy atom. The molecule has 0 radical (unpaired) electrons. The van der Waals surface area contributed by atoms with Gasteiger partial charge in [0.15, 0.2) is 0 Å². The van der Waals surface area contributed by atoms with Gasteiger partial charge >= 0.3 is 5.97 Å². The number of hydrogen-bond acceptors (Lipinski definition) is 2. The van der Waals surface area contributed by atoms with Crippen LogP contribution in [0.2, 0.25) is 0 Å². The van der Waals surface area contributed by atoms with Gasteiger partial charge in [0.2, 0.25) is 5.43 Å². The van der Waals surface area contributed by atoms with Gasteiger partial charge < -0.3 is 10.1 Å². The number of aromatic amines is 1. The summed E-state index contributed by atoms with van der Waals surface area (Å²) >= 11 is 0. The Hall–Kier alpha value is -1.52. The number of aromatic carboxylic acids is 1. The maximum Gasteiger partial charge on any atom is 0.341 e. The number of hydrogen-bond donors (Lipinski definition) is 2. The molecule has 1 aromatic carbocycles. The number of fused-ring (bicyclic) bond motifs is 1. The van der Waals surface area contributed by atoms with Gasteiger partial charge in [0.1, 0.15) is 5.56 Å². The van der Waals surface area contributed by atoms with Gasteiger partial charge in [-0.3, -0.25) is 4.79 Å². The quantitative estimate of drug-likeness (QED) is 0.826. The first-order valence-electron chi connectivity index (χ1n) is 4.04. The minimum atomic E-state index is -1.21. The summed E-state index contributed by atoms with van der Waals surface area (Å²) in [4.78, 5) is 25.0. The van der Waals surface area contributed by atoms with Gasteiger partial charge in [-0.25, -0.2) is 4.79 Å². The number of nitrogens with one attached hydrogen (secondary N) is 1. The lowest BCUT2D eigenvalue weighted by Gasteiger charge is -1.98. The van der Waals surface area contributed by atoms with Crippen molar-refractivity contribution < 1.29 is 9.90 Å². The fourth-order valence-electron chi connectivity index (χ4n) is 1.33. The highest BCUT2D eigenvalue weighted by Crippen LogP contribution is 2.06. The Balaban J connectivity index is 0.00000112. The number of carbonyl (C=O) groups is 1. The highest BCUT2D eigenvalue weighted by molar-refractivity contribution is 5.92. The standard InChI is InChI=1S/C10H7NO3.2ClH/c12-9-6-3-1-2-4-8(6)11-5-7(9)10(13)14;;/h1-5H,(H,11,12)(H,13,14);2*1H. The summed E-state index contributed by atoms with van der Waals surface area (Å²) in [7, 11) is 0. The first kappa shape index (κ1) is 14.5. The van der Waals surface area contributed by atoms with E-state index >= 15 is 0 Å². The molecule has 0 unspecified atom stereocenters. The number of aromatic nitrogens is 1. The van der Waals surface area contributed by atoms with Crippen LogP contribution in [-0.2, 0) is 0 Å². The first-order chi connectivity index (χ1) is 6.70. The largest absolute Gasteiger partial charge is 0.477 e. The van der Waals surface area contributed by atoms with Crippen molar-refractivity contribution in [2.75, 3.05) is 0 Å². The van der Waals surface area contributed by atoms with Crippen LogP contribution in [0, 0.1) is 0 Å². The second-order valence-electron chi connectivity index (χ2n) is 2.88. The monoisotopic (exact) mass is 261 g/mol. The second kappa shape index (κ2) is 5.53. The zero-order valence-corrected chi connectivity index (χ0v) is 9.60. The normalized spacial score (nSPS) is 9.00. The van der Waals surface area contributed by atoms with E-state index < -0.39 is 11.4 Å². The van der Waals surface area contributed by atoms with Crippen LogP contribution in [0.4, 0.5) is 0 Å². The van der Waals surface area contributed by atoms with Gasteiger partial charge in [0.05, 0.1) is 0 Å². The van der Waals surface area contributed by atoms with Gasteiger partial charge in [-0.1, -0.05) is 12.1 Å². The molecule has 4 nitrogen and oxygen atoms in total. The molecule has 0 amide bonds. The Morgan fingerprint density at radius 1 is 1.19 bits per heavy atom. The lowest BCUT2D eigenvalue weighted by Crippen LogP contribution is -2.14. The molecule has 2 rings (SSSR count). The number of carboxylic acid groups (broad SMARTS) is 1. The molecule has 0 aliphatic heterocycles. The zero-order valence-electron chi connectivity index (χ0n) is 7.97. The van der Waals surface area contributed by atoms with Crippen LogP contribution < -0.4 is 5.43 Å². The molecule has 1 aromatic heterocycles. The number of H-pyrrole nitrogens is 1. The molecule has 16 heavy (non-hydrogen) atoms. The molecule has 0 aliphatic carbocycles. The first-order valence-corrected chi connectivity index (χ1v) is 4.04. The summed E-state index contributed by atoms with van der Waals surface area (Å²) in [6, 6.07) is 6.80. The molecule has 0 spiro atoms. The minimum absolute atomic E-state index is 0. The molecule has 0 saturated heterocycles. The summed E-state index contributed by atoms with van der Waals surface area (Å²) < 4.78 is 0. The van der Waals surface area contributed by atoms with Crippen molar-refractivity contribution in [3.63, 3.8) is 0 Å². The lowest BCUT2D eigenvalue weighted by atomic mass is 10.1. The molecule has 0 fully saturated rings. The number of rotatable bonds is 1. The second-order valence-corrected chi connectivity index (χ2v) is 2.88. The number of benzene rings is 1. The third-order valence-corrected chi connectivity index (χ3v) is 2.02. The van der Waals surface area contributed by atoms with Crippen molar-refractivity contribution in [2.24, 2.45) is 0 Å². The molecule has 86 valence electrons. The molecular weight excluding hydrogens is 253 g/mol. The Morgan fingerprint density at radius 2 is 1.81 bits per heavy atom. The van der Waals surface area contributed by atoms with E-state index in [2.05, 4.69) is 4.98 Å². The molecule has 1 heterocycles. The van der Waals surface area contributed by atoms with Crippen LogP contribution in [0.3, 0.4) is 0 Å². The van der Waals surface area contributed by atoms with Crippen LogP contribution >= 0.6 is 24.8 Å². The SMILES string of the molecule is Cl.Cl.O=C(O)c1c[nH]c2ccccc2c1=O. The number of halogens is 2. The van der Waals surface area contributed by atoms with Crippen LogP contribution in [0.15, 0.2) is 35.3 Å². The smallest absolute Gasteiger partial charge is 0.341 e. The van der Waals surface area contributed by atoms with Crippen LogP contribution in [0.5, 0.6) is 0 Å². The number of carboxylic acids is 1. The zero-order chi connectivity index (χ0) is 10.1. The molecule has 0 atom stereocenters. The average Bonchev–Trinajstić information content (AvgIpc) is 2.18. The van der Waals surface area contributed by atoms with Crippen molar-refractivity contribution in [1.82, 2.24) is 4.98 Å². The molecule has 0 saturated carbocycles. The minimum Gasteiger partial charge on any atom is -0.477 e. The molecular formula is C10H9Cl2NO3. The van der Waals surface area contributed by atoms with E-state index in [-0.39, 0.29) is 30.4 Å². The van der Waals surface area contributed by atoms with Crippen molar-refractivity contribution in [2.45, 2.75) is 0 Å². The molecule has 0 aliphatic rings. The maximum atomic E-state index is 11.6. The summed E-state index contributed by atoms with van der Waals surface area (Å²) in [5.41, 5.74) is -0.0435. The van der Waals surface area contributed by atoms with Gasteiger partial charge in [-0.05, 0) is 12.1 Å². The Kier molecular flexibility index (Phi) is 5.01. The van der Waals surface area contributed by atoms with Gasteiger partial charge in [0.25, 0.3) is 0 Å². The highest BCUT2D eigenvalue weighted by Gasteiger charge is 2.10. The fourth-order valence-corrected chi connectivity index (χ4v) is 1.33. The van der Waals surface area contributed by atoms with Gasteiger partial charge in [-0.15, -0.1) is 24.8 Å². The molecule has 2 N–H and O–H groups in total. The van der Waals surface area contributed by atoms with Gasteiger partial charge in [0, 0.05) is 17.1 Å². The predicted octanol–water partition coefficient (Wildman–Crippen LogP) is 2.07. The van der Waals surface area contributed by atoms with Gasteiger partial charge in [-0.2, -0.15) is 0 Å². The van der Waals surface area contributed by atoms with E-state index in [1.165, 1.54) is 6.20 Å². The average molecular weight is 262 g/mol. The molecule has 2 aromatic rings. The molecule has 6 heteroatoms. The summed E-state index contributed by atoms with van der Waals surface area (Å²) in [6.45, 7) is 0. The van der Waals surface area contributed by atoms with Crippen LogP contribution in [-0.4, -0.2) is 16.1 Å². The van der Waals surface area contributed by atoms with E-state index in [0.717, 1.165) is 0 Å². The third kappa shape index (κ3) is 2.35. The maximum absolute atomic E-state index is 11.6. The predicted molar refractivity (Wildman–Crippen MR) is 66.0 cm³/mol. The van der Waals surface area contributed by atoms with Crippen molar-refractivity contribution in [1.29, 1.82) is 0 Å². The van der Waals surface area contributed by atoms with E-state index in [0.29, 0.717) is 10.9 Å². The lowest BCUT2D eigenvalue weighted by molar-refractivity contribution is 0.0695. The summed E-state index contributed by atoms with van der Waals surface area (Å²) in [5.74, 6) is -1.21. The topological polar surface area (TPSA) is 70.2 Å². The summed E-state index contributed by atoms with van der Waals surface area (Å²) in [5, 5.41) is 9.10. The van der Waals surface area contributed by atoms with Crippen molar-refractivity contribution >= 4 is 41.7 Å². The number of pyridine rings is 1. The van der Waals surface area contributed by atoms with Crippen LogP contribution in [0.25, 0.3) is 10.9 Å². The van der Waals surface area contributed by atoms with E-state index in [1.807, 2.05) is 0 Å². The summed E-state index contributed by atoms with van der Waals surface area (Å²) in [6.07, 6.45) is 1.22.